The summed E-state index contributed by atoms with van der Waals surface area (Å²) in [6.07, 6.45) is -2.45. The van der Waals surface area contributed by atoms with Crippen LogP contribution in [0.4, 0.5) is 22.0 Å². The Bertz CT molecular complexity index is 954. The summed E-state index contributed by atoms with van der Waals surface area (Å²) in [6, 6.07) is 5.31. The average molecular weight is 441 g/mol. The molecule has 0 spiro atoms. The van der Waals surface area contributed by atoms with Crippen LogP contribution in [0.5, 0.6) is 5.75 Å². The van der Waals surface area contributed by atoms with E-state index in [9.17, 15) is 22.0 Å². The number of nitrogens with two attached hydrogens (primary N) is 1. The Kier molecular flexibility index (Phi) is 5.66. The molecule has 0 radical (unpaired) electrons. The number of alkyl halides is 5. The van der Waals surface area contributed by atoms with Crippen LogP contribution in [0.3, 0.4) is 0 Å². The maximum atomic E-state index is 13.7. The van der Waals surface area contributed by atoms with Crippen molar-refractivity contribution in [2.75, 3.05) is 6.61 Å². The fourth-order valence-electron chi connectivity index (χ4n) is 4.93. The van der Waals surface area contributed by atoms with Gasteiger partial charge < -0.3 is 10.5 Å². The van der Waals surface area contributed by atoms with Crippen LogP contribution in [0, 0.1) is 11.3 Å². The van der Waals surface area contributed by atoms with Crippen LogP contribution >= 0.6 is 0 Å². The van der Waals surface area contributed by atoms with E-state index in [2.05, 4.69) is 9.97 Å². The molecular formula is C22H24F5N3O. The number of pyridine rings is 2. The van der Waals surface area contributed by atoms with Crippen molar-refractivity contribution in [3.63, 3.8) is 0 Å². The molecule has 2 aromatic rings. The van der Waals surface area contributed by atoms with Gasteiger partial charge in [-0.25, -0.2) is 26.9 Å². The smallest absolute Gasteiger partial charge is 0.284 e. The highest BCUT2D eigenvalue weighted by atomic mass is 19.3. The first-order chi connectivity index (χ1) is 14.6. The molecule has 0 aliphatic heterocycles. The minimum Gasteiger partial charge on any atom is -0.490 e. The van der Waals surface area contributed by atoms with Crippen LogP contribution in [-0.4, -0.2) is 28.3 Å². The van der Waals surface area contributed by atoms with Crippen molar-refractivity contribution in [1.29, 1.82) is 0 Å². The monoisotopic (exact) mass is 441 g/mol. The van der Waals surface area contributed by atoms with Crippen molar-refractivity contribution in [3.8, 4) is 17.0 Å². The van der Waals surface area contributed by atoms with Crippen LogP contribution in [0.2, 0.25) is 0 Å². The Balaban J connectivity index is 1.49. The third-order valence-electron chi connectivity index (χ3n) is 6.48. The molecule has 2 aromatic heterocycles. The second-order valence-corrected chi connectivity index (χ2v) is 9.00. The first kappa shape index (κ1) is 21.9. The molecule has 0 bridgehead atoms. The fourth-order valence-corrected chi connectivity index (χ4v) is 4.93. The third-order valence-corrected chi connectivity index (χ3v) is 6.48. The van der Waals surface area contributed by atoms with E-state index in [4.69, 9.17) is 10.5 Å². The van der Waals surface area contributed by atoms with Crippen molar-refractivity contribution in [1.82, 2.24) is 9.97 Å². The van der Waals surface area contributed by atoms with Crippen molar-refractivity contribution in [2.45, 2.75) is 57.2 Å². The topological polar surface area (TPSA) is 61.0 Å². The van der Waals surface area contributed by atoms with Gasteiger partial charge >= 0.3 is 0 Å². The number of halogens is 5. The lowest BCUT2D eigenvalue weighted by atomic mass is 9.44. The van der Waals surface area contributed by atoms with E-state index < -0.39 is 35.9 Å². The molecule has 4 rings (SSSR count). The van der Waals surface area contributed by atoms with Crippen molar-refractivity contribution >= 4 is 0 Å². The van der Waals surface area contributed by atoms with E-state index in [1.54, 1.807) is 6.92 Å². The maximum Gasteiger partial charge on any atom is 0.284 e. The standard InChI is InChI=1S/C22H24F5N3O/c1-21(28,10-22-6-4-13(22)14(23)9-22)11-31-17-3-2-15(30-18(17)20(26)27)12-5-7-29-16(8-12)19(24)25/h2-3,5,7-8,13-14,19-20H,4,6,9-11,28H2,1H3. The number of hydrogen-bond donors (Lipinski definition) is 1. The van der Waals surface area contributed by atoms with E-state index in [0.29, 0.717) is 12.8 Å². The van der Waals surface area contributed by atoms with E-state index in [-0.39, 0.29) is 34.9 Å². The first-order valence-corrected chi connectivity index (χ1v) is 10.2. The van der Waals surface area contributed by atoms with Gasteiger partial charge in [0.2, 0.25) is 0 Å². The molecule has 2 aliphatic carbocycles. The third kappa shape index (κ3) is 4.24. The Morgan fingerprint density at radius 1 is 1.23 bits per heavy atom. The Morgan fingerprint density at radius 2 is 2.00 bits per heavy atom. The molecule has 2 N–H and O–H groups in total. The quantitative estimate of drug-likeness (QED) is 0.539. The summed E-state index contributed by atoms with van der Waals surface area (Å²) in [5, 5.41) is 0. The predicted octanol–water partition coefficient (Wildman–Crippen LogP) is 5.64. The number of hydrogen-bond acceptors (Lipinski definition) is 4. The highest BCUT2D eigenvalue weighted by molar-refractivity contribution is 5.60. The molecule has 31 heavy (non-hydrogen) atoms. The second kappa shape index (κ2) is 8.00. The van der Waals surface area contributed by atoms with Gasteiger partial charge in [-0.3, -0.25) is 4.98 Å². The van der Waals surface area contributed by atoms with E-state index in [1.807, 2.05) is 0 Å². The molecule has 4 atom stereocenters. The van der Waals surface area contributed by atoms with Crippen LogP contribution in [-0.2, 0) is 0 Å². The minimum atomic E-state index is -2.93. The maximum absolute atomic E-state index is 13.7. The number of fused-ring (bicyclic) bond motifs is 1. The van der Waals surface area contributed by atoms with Crippen LogP contribution in [0.15, 0.2) is 30.5 Å². The van der Waals surface area contributed by atoms with Crippen molar-refractivity contribution in [2.24, 2.45) is 17.1 Å². The van der Waals surface area contributed by atoms with Crippen molar-refractivity contribution in [3.05, 3.63) is 41.9 Å². The van der Waals surface area contributed by atoms with Crippen LogP contribution < -0.4 is 10.5 Å². The Labute approximate surface area is 177 Å². The SMILES string of the molecule is CC(N)(COc1ccc(-c2ccnc(C(F)F)c2)nc1C(F)F)CC12CCC1C(F)C2. The van der Waals surface area contributed by atoms with Gasteiger partial charge in [0.1, 0.15) is 29.9 Å². The number of nitrogens with zero attached hydrogens (tertiary/aromatic N) is 2. The summed E-state index contributed by atoms with van der Waals surface area (Å²) in [5.74, 6) is -0.0651. The van der Waals surface area contributed by atoms with Crippen molar-refractivity contribution < 1.29 is 26.7 Å². The van der Waals surface area contributed by atoms with Gasteiger partial charge in [-0.2, -0.15) is 0 Å². The normalized spacial score (nSPS) is 26.7. The van der Waals surface area contributed by atoms with Gasteiger partial charge in [-0.15, -0.1) is 0 Å². The lowest BCUT2D eigenvalue weighted by Crippen LogP contribution is -2.61. The van der Waals surface area contributed by atoms with E-state index in [1.165, 1.54) is 24.4 Å². The lowest BCUT2D eigenvalue weighted by Gasteiger charge is -2.62. The summed E-state index contributed by atoms with van der Waals surface area (Å²) in [4.78, 5) is 7.50. The van der Waals surface area contributed by atoms with Gasteiger partial charge in [0, 0.05) is 17.3 Å². The molecule has 9 heteroatoms. The highest BCUT2D eigenvalue weighted by Gasteiger charge is 2.61. The number of aromatic nitrogens is 2. The highest BCUT2D eigenvalue weighted by Crippen LogP contribution is 2.65. The number of rotatable bonds is 8. The summed E-state index contributed by atoms with van der Waals surface area (Å²) in [6.45, 7) is 1.75. The van der Waals surface area contributed by atoms with Gasteiger partial charge in [0.15, 0.2) is 0 Å². The minimum absolute atomic E-state index is 0.0239. The van der Waals surface area contributed by atoms with Gasteiger partial charge in [0.05, 0.1) is 5.69 Å². The Hall–Kier alpha value is -2.29. The zero-order valence-corrected chi connectivity index (χ0v) is 17.0. The Morgan fingerprint density at radius 3 is 2.58 bits per heavy atom. The molecular weight excluding hydrogens is 417 g/mol. The molecule has 2 fully saturated rings. The predicted molar refractivity (Wildman–Crippen MR) is 105 cm³/mol. The fraction of sp³-hybridized carbons (Fsp3) is 0.545. The summed E-state index contributed by atoms with van der Waals surface area (Å²) >= 11 is 0. The lowest BCUT2D eigenvalue weighted by molar-refractivity contribution is -0.159. The van der Waals surface area contributed by atoms with Gasteiger partial charge in [-0.05, 0) is 68.2 Å². The summed E-state index contributed by atoms with van der Waals surface area (Å²) in [5.41, 5.74) is 4.77. The van der Waals surface area contributed by atoms with Gasteiger partial charge in [0.25, 0.3) is 12.9 Å². The molecule has 2 saturated carbocycles. The molecule has 2 heterocycles. The number of ether oxygens (including phenoxy) is 1. The summed E-state index contributed by atoms with van der Waals surface area (Å²) in [7, 11) is 0. The van der Waals surface area contributed by atoms with Crippen LogP contribution in [0.25, 0.3) is 11.3 Å². The summed E-state index contributed by atoms with van der Waals surface area (Å²) < 4.78 is 72.3. The molecule has 2 aliphatic rings. The largest absolute Gasteiger partial charge is 0.490 e. The van der Waals surface area contributed by atoms with Crippen LogP contribution in [0.1, 0.15) is 56.8 Å². The second-order valence-electron chi connectivity index (χ2n) is 9.00. The molecule has 4 unspecified atom stereocenters. The van der Waals surface area contributed by atoms with Gasteiger partial charge in [-0.1, -0.05) is 0 Å². The zero-order chi connectivity index (χ0) is 22.4. The average Bonchev–Trinajstić information content (AvgIpc) is 2.71. The molecule has 0 aromatic carbocycles. The zero-order valence-electron chi connectivity index (χ0n) is 17.0. The van der Waals surface area contributed by atoms with E-state index >= 15 is 0 Å². The van der Waals surface area contributed by atoms with E-state index in [0.717, 1.165) is 18.9 Å². The molecule has 0 amide bonds. The first-order valence-electron chi connectivity index (χ1n) is 10.2. The molecule has 0 saturated heterocycles. The molecule has 168 valence electrons. The molecule has 4 nitrogen and oxygen atoms in total.